The van der Waals surface area contributed by atoms with Crippen LogP contribution >= 0.6 is 0 Å². The Balaban J connectivity index is 0.00000553. The minimum Gasteiger partial charge on any atom is -0.509 e. The van der Waals surface area contributed by atoms with Crippen LogP contribution in [0.25, 0.3) is 38.8 Å². The first-order valence-corrected chi connectivity index (χ1v) is 24.5. The van der Waals surface area contributed by atoms with E-state index in [1.807, 2.05) is 12.3 Å². The summed E-state index contributed by atoms with van der Waals surface area (Å²) >= 11 is 0. The maximum absolute atomic E-state index is 6.98. The zero-order chi connectivity index (χ0) is 48.2. The number of anilines is 3. The van der Waals surface area contributed by atoms with Crippen molar-refractivity contribution in [3.05, 3.63) is 178 Å². The summed E-state index contributed by atoms with van der Waals surface area (Å²) < 4.78 is 9.20. The molecule has 0 bridgehead atoms. The summed E-state index contributed by atoms with van der Waals surface area (Å²) in [5.41, 5.74) is 18.9. The average Bonchev–Trinajstić information content (AvgIpc) is 3.89. The number of fused-ring (bicyclic) bond motifs is 12. The van der Waals surface area contributed by atoms with Gasteiger partial charge in [0.25, 0.3) is 0 Å². The fraction of sp³-hybridized carbons (Fsp3) is 0.333. The Bertz CT molecular complexity index is 3320. The molecule has 0 fully saturated rings. The molecule has 6 heteroatoms. The summed E-state index contributed by atoms with van der Waals surface area (Å²) in [4.78, 5) is 9.54. The molecule has 0 amide bonds. The monoisotopic (exact) mass is 1090 g/mol. The summed E-state index contributed by atoms with van der Waals surface area (Å²) in [6.45, 7) is 35.2. The molecule has 0 saturated heterocycles. The van der Waals surface area contributed by atoms with E-state index in [4.69, 9.17) is 9.72 Å². The number of benzene rings is 6. The van der Waals surface area contributed by atoms with E-state index < -0.39 is 5.41 Å². The Kier molecular flexibility index (Phi) is 10.7. The predicted molar refractivity (Wildman–Crippen MR) is 284 cm³/mol. The molecule has 11 rings (SSSR count). The third kappa shape index (κ3) is 7.06. The van der Waals surface area contributed by atoms with Crippen molar-refractivity contribution < 1.29 is 25.8 Å². The Morgan fingerprint density at radius 1 is 0.623 bits per heavy atom. The fourth-order valence-electron chi connectivity index (χ4n) is 11.4. The van der Waals surface area contributed by atoms with E-state index >= 15 is 0 Å². The molecule has 0 atom stereocenters. The molecule has 2 aliphatic heterocycles. The Morgan fingerprint density at radius 3 is 1.84 bits per heavy atom. The summed E-state index contributed by atoms with van der Waals surface area (Å²) in [7, 11) is 2.17. The van der Waals surface area contributed by atoms with E-state index in [-0.39, 0.29) is 42.7 Å². The van der Waals surface area contributed by atoms with Gasteiger partial charge in [-0.1, -0.05) is 163 Å². The SMILES string of the molecule is CC(C)c1ccnc(-n2c3[c-]c(Oc4[c-]c5c(cc4)C4(c6cccc7c6N5[CH-]N7C)c5c(cc(C(C)(C)C)cc5C(C)(C)C)-c5cc(C(C)(C)C)cc(C(C)(C)C)c54)ccc3c3ccccc32)c1.[Pt]. The van der Waals surface area contributed by atoms with Crippen LogP contribution in [0.4, 0.5) is 17.1 Å². The minimum atomic E-state index is -0.669. The van der Waals surface area contributed by atoms with Gasteiger partial charge in [-0.25, -0.2) is 4.98 Å². The molecule has 69 heavy (non-hydrogen) atoms. The molecule has 1 spiro atoms. The normalized spacial score (nSPS) is 14.9. The van der Waals surface area contributed by atoms with Crippen molar-refractivity contribution in [3.8, 4) is 28.4 Å². The molecular weight excluding hydrogens is 1020 g/mol. The number of hydrogen-bond donors (Lipinski definition) is 0. The summed E-state index contributed by atoms with van der Waals surface area (Å²) in [6.07, 6.45) is 1.92. The number of nitrogens with zero attached hydrogens (tertiary/aromatic N) is 4. The Hall–Kier alpha value is -5.64. The van der Waals surface area contributed by atoms with Gasteiger partial charge in [-0.05, 0) is 120 Å². The van der Waals surface area contributed by atoms with E-state index in [2.05, 4.69) is 234 Å². The number of pyridine rings is 1. The second-order valence-electron chi connectivity index (χ2n) is 24.1. The largest absolute Gasteiger partial charge is 0.509 e. The summed E-state index contributed by atoms with van der Waals surface area (Å²) in [6, 6.07) is 46.4. The van der Waals surface area contributed by atoms with Crippen molar-refractivity contribution in [1.29, 1.82) is 0 Å². The van der Waals surface area contributed by atoms with E-state index in [0.29, 0.717) is 17.4 Å². The molecule has 3 aliphatic rings. The van der Waals surface area contributed by atoms with E-state index in [0.717, 1.165) is 33.3 Å². The van der Waals surface area contributed by atoms with Gasteiger partial charge in [0.2, 0.25) is 0 Å². The minimum absolute atomic E-state index is 0. The fourth-order valence-corrected chi connectivity index (χ4v) is 11.4. The van der Waals surface area contributed by atoms with Crippen LogP contribution in [-0.4, -0.2) is 16.6 Å². The van der Waals surface area contributed by atoms with Gasteiger partial charge in [0.15, 0.2) is 0 Å². The molecule has 5 nitrogen and oxygen atoms in total. The van der Waals surface area contributed by atoms with Crippen molar-refractivity contribution in [1.82, 2.24) is 9.55 Å². The molecule has 356 valence electrons. The molecule has 0 radical (unpaired) electrons. The number of ether oxygens (including phenoxy) is 1. The molecule has 0 unspecified atom stereocenters. The van der Waals surface area contributed by atoms with Gasteiger partial charge < -0.3 is 19.1 Å². The maximum atomic E-state index is 6.98. The Labute approximate surface area is 425 Å². The van der Waals surface area contributed by atoms with E-state index in [9.17, 15) is 0 Å². The van der Waals surface area contributed by atoms with Gasteiger partial charge in [0.05, 0.1) is 0 Å². The standard InChI is InChI=1S/C63H65N4O.Pt/c1-37(2)38-27-28-64-55(29-38)67-51-21-17-16-19-43(51)44-25-23-41(34-53(44)67)68-42-24-26-47-54(35-42)66-36-65(15)52-22-18-20-48(58(52)66)63(47)56-45(30-39(59(3,4)5)32-49(56)61(9,10)11)46-31-40(60(6,7)8)33-50(57(46)63)62(12,13)14;/h16-33,36-37H,1-15H3;/q-3;. The topological polar surface area (TPSA) is 33.5 Å². The number of aromatic nitrogens is 2. The zero-order valence-electron chi connectivity index (χ0n) is 43.1. The van der Waals surface area contributed by atoms with Gasteiger partial charge in [0.1, 0.15) is 5.82 Å². The molecule has 0 N–H and O–H groups in total. The van der Waals surface area contributed by atoms with Crippen molar-refractivity contribution >= 4 is 38.9 Å². The third-order valence-electron chi connectivity index (χ3n) is 15.0. The van der Waals surface area contributed by atoms with Crippen molar-refractivity contribution in [2.45, 2.75) is 130 Å². The van der Waals surface area contributed by atoms with Gasteiger partial charge in [-0.3, -0.25) is 0 Å². The van der Waals surface area contributed by atoms with Gasteiger partial charge in [0, 0.05) is 61.1 Å². The Morgan fingerprint density at radius 2 is 1.23 bits per heavy atom. The second-order valence-corrected chi connectivity index (χ2v) is 24.1. The van der Waals surface area contributed by atoms with E-state index in [1.54, 1.807) is 0 Å². The van der Waals surface area contributed by atoms with Gasteiger partial charge in [-0.2, -0.15) is 18.8 Å². The summed E-state index contributed by atoms with van der Waals surface area (Å²) in [5.74, 6) is 2.50. The first-order valence-electron chi connectivity index (χ1n) is 24.5. The predicted octanol–water partition coefficient (Wildman–Crippen LogP) is 16.3. The van der Waals surface area contributed by atoms with Crippen LogP contribution in [-0.2, 0) is 48.1 Å². The molecule has 1 aliphatic carbocycles. The van der Waals surface area contributed by atoms with Crippen LogP contribution < -0.4 is 14.5 Å². The first kappa shape index (κ1) is 47.1. The summed E-state index contributed by atoms with van der Waals surface area (Å²) in [5, 5.41) is 2.26. The van der Waals surface area contributed by atoms with Crippen LogP contribution in [0.15, 0.2) is 109 Å². The quantitative estimate of drug-likeness (QED) is 0.165. The van der Waals surface area contributed by atoms with Crippen LogP contribution in [0.2, 0.25) is 0 Å². The van der Waals surface area contributed by atoms with Crippen molar-refractivity contribution in [3.63, 3.8) is 0 Å². The molecule has 4 heterocycles. The third-order valence-corrected chi connectivity index (χ3v) is 15.0. The van der Waals surface area contributed by atoms with Crippen molar-refractivity contribution in [2.75, 3.05) is 16.8 Å². The molecule has 6 aromatic carbocycles. The van der Waals surface area contributed by atoms with Crippen LogP contribution in [0.5, 0.6) is 11.5 Å². The zero-order valence-corrected chi connectivity index (χ0v) is 45.3. The smallest absolute Gasteiger partial charge is 0.135 e. The van der Waals surface area contributed by atoms with E-state index in [1.165, 1.54) is 72.6 Å². The molecule has 2 aromatic heterocycles. The maximum Gasteiger partial charge on any atom is 0.135 e. The number of rotatable bonds is 4. The average molecular weight is 1090 g/mol. The first-order chi connectivity index (χ1) is 32.0. The number of hydrogen-bond acceptors (Lipinski definition) is 4. The van der Waals surface area contributed by atoms with Crippen LogP contribution in [0, 0.1) is 18.8 Å². The van der Waals surface area contributed by atoms with Gasteiger partial charge >= 0.3 is 0 Å². The molecule has 8 aromatic rings. The van der Waals surface area contributed by atoms with Crippen LogP contribution in [0.3, 0.4) is 0 Å². The van der Waals surface area contributed by atoms with Gasteiger partial charge in [-0.15, -0.1) is 35.2 Å². The molecule has 0 saturated carbocycles. The number of para-hydroxylation sites is 2. The van der Waals surface area contributed by atoms with Crippen molar-refractivity contribution in [2.24, 2.45) is 0 Å². The second kappa shape index (κ2) is 15.7. The van der Waals surface area contributed by atoms with Crippen LogP contribution in [0.1, 0.15) is 153 Å². The molecular formula is C63H65N4OPt-3.